The molecule has 2 aromatic carbocycles. The maximum absolute atomic E-state index is 6.81. The molecular weight excluding hydrogens is 268 g/mol. The number of para-hydroxylation sites is 1. The predicted molar refractivity (Wildman–Crippen MR) is 83.8 cm³/mol. The number of rotatable bonds is 2. The first kappa shape index (κ1) is 13.5. The Balaban J connectivity index is 1.97. The Morgan fingerprint density at radius 3 is 2.75 bits per heavy atom. The van der Waals surface area contributed by atoms with Crippen molar-refractivity contribution in [1.82, 2.24) is 0 Å². The molecule has 0 spiro atoms. The zero-order valence-electron chi connectivity index (χ0n) is 11.9. The minimum Gasteiger partial charge on any atom is -0.493 e. The quantitative estimate of drug-likeness (QED) is 0.694. The van der Waals surface area contributed by atoms with Crippen LogP contribution in [0.15, 0.2) is 42.5 Å². The van der Waals surface area contributed by atoms with Gasteiger partial charge in [-0.3, -0.25) is 0 Å². The van der Waals surface area contributed by atoms with Gasteiger partial charge in [-0.1, -0.05) is 42.0 Å². The fraction of sp³-hybridized carbons (Fsp3) is 0.333. The summed E-state index contributed by atoms with van der Waals surface area (Å²) >= 11 is 6.81. The van der Waals surface area contributed by atoms with Crippen LogP contribution >= 0.6 is 11.6 Å². The molecule has 0 aliphatic carbocycles. The highest BCUT2D eigenvalue weighted by atomic mass is 35.5. The maximum Gasteiger partial charge on any atom is 0.122 e. The lowest BCUT2D eigenvalue weighted by Gasteiger charge is -2.30. The van der Waals surface area contributed by atoms with Gasteiger partial charge in [-0.25, -0.2) is 0 Å². The van der Waals surface area contributed by atoms with Crippen molar-refractivity contribution in [2.24, 2.45) is 0 Å². The van der Waals surface area contributed by atoms with Crippen molar-refractivity contribution >= 4 is 11.6 Å². The van der Waals surface area contributed by atoms with Crippen LogP contribution in [-0.2, 0) is 0 Å². The Bertz CT molecular complexity index is 621. The van der Waals surface area contributed by atoms with Gasteiger partial charge in [0.2, 0.25) is 0 Å². The Morgan fingerprint density at radius 2 is 1.95 bits per heavy atom. The lowest BCUT2D eigenvalue weighted by atomic mass is 9.85. The highest BCUT2D eigenvalue weighted by Crippen LogP contribution is 2.45. The van der Waals surface area contributed by atoms with Gasteiger partial charge in [-0.15, -0.1) is 11.6 Å². The molecule has 1 nitrogen and oxygen atoms in total. The molecule has 2 aromatic rings. The van der Waals surface area contributed by atoms with E-state index in [0.717, 1.165) is 18.8 Å². The molecule has 0 N–H and O–H groups in total. The second-order valence-electron chi connectivity index (χ2n) is 5.54. The van der Waals surface area contributed by atoms with E-state index in [1.807, 2.05) is 12.1 Å². The van der Waals surface area contributed by atoms with E-state index in [1.165, 1.54) is 22.3 Å². The topological polar surface area (TPSA) is 9.23 Å². The van der Waals surface area contributed by atoms with Gasteiger partial charge in [-0.2, -0.15) is 0 Å². The fourth-order valence-electron chi connectivity index (χ4n) is 3.03. The van der Waals surface area contributed by atoms with E-state index in [2.05, 4.69) is 44.2 Å². The molecule has 2 heteroatoms. The summed E-state index contributed by atoms with van der Waals surface area (Å²) in [5, 5.41) is 0.000602. The zero-order chi connectivity index (χ0) is 14.1. The van der Waals surface area contributed by atoms with Gasteiger partial charge in [0.15, 0.2) is 0 Å². The van der Waals surface area contributed by atoms with Gasteiger partial charge in [-0.05, 0) is 43.0 Å². The van der Waals surface area contributed by atoms with Crippen LogP contribution in [0.4, 0.5) is 0 Å². The molecule has 104 valence electrons. The molecule has 1 heterocycles. The largest absolute Gasteiger partial charge is 0.493 e. The van der Waals surface area contributed by atoms with E-state index in [4.69, 9.17) is 16.3 Å². The number of fused-ring (bicyclic) bond motifs is 1. The molecule has 0 fully saturated rings. The first-order valence-corrected chi connectivity index (χ1v) is 7.53. The first-order chi connectivity index (χ1) is 9.66. The van der Waals surface area contributed by atoms with Gasteiger partial charge in [0.05, 0.1) is 12.0 Å². The van der Waals surface area contributed by atoms with Gasteiger partial charge < -0.3 is 4.74 Å². The van der Waals surface area contributed by atoms with E-state index >= 15 is 0 Å². The van der Waals surface area contributed by atoms with Gasteiger partial charge in [0.25, 0.3) is 0 Å². The summed E-state index contributed by atoms with van der Waals surface area (Å²) in [6.45, 7) is 5.00. The molecule has 0 bridgehead atoms. The first-order valence-electron chi connectivity index (χ1n) is 7.10. The minimum atomic E-state index is 0.000602. The van der Waals surface area contributed by atoms with Crippen LogP contribution in [0.2, 0.25) is 0 Å². The molecule has 0 amide bonds. The van der Waals surface area contributed by atoms with E-state index in [0.29, 0.717) is 5.92 Å². The average Bonchev–Trinajstić information content (AvgIpc) is 2.46. The predicted octanol–water partition coefficient (Wildman–Crippen LogP) is 5.15. The lowest BCUT2D eigenvalue weighted by molar-refractivity contribution is 0.265. The normalized spacial score (nSPS) is 19.1. The van der Waals surface area contributed by atoms with Crippen molar-refractivity contribution in [3.05, 3.63) is 64.7 Å². The van der Waals surface area contributed by atoms with Crippen molar-refractivity contribution in [3.8, 4) is 5.75 Å². The number of aryl methyl sites for hydroxylation is 2. The number of ether oxygens (including phenoxy) is 1. The number of halogens is 1. The van der Waals surface area contributed by atoms with Gasteiger partial charge in [0, 0.05) is 5.92 Å². The van der Waals surface area contributed by atoms with Crippen molar-refractivity contribution in [2.45, 2.75) is 31.6 Å². The number of hydrogen-bond donors (Lipinski definition) is 0. The van der Waals surface area contributed by atoms with Crippen molar-refractivity contribution in [2.75, 3.05) is 6.61 Å². The Hall–Kier alpha value is -1.47. The van der Waals surface area contributed by atoms with E-state index < -0.39 is 0 Å². The minimum absolute atomic E-state index is 0.000602. The molecule has 1 aliphatic rings. The van der Waals surface area contributed by atoms with Gasteiger partial charge >= 0.3 is 0 Å². The van der Waals surface area contributed by atoms with Crippen LogP contribution < -0.4 is 4.74 Å². The molecule has 20 heavy (non-hydrogen) atoms. The summed E-state index contributed by atoms with van der Waals surface area (Å²) in [7, 11) is 0. The molecule has 1 aliphatic heterocycles. The van der Waals surface area contributed by atoms with Crippen LogP contribution in [0.5, 0.6) is 5.75 Å². The van der Waals surface area contributed by atoms with E-state index in [-0.39, 0.29) is 5.38 Å². The highest BCUT2D eigenvalue weighted by Gasteiger charge is 2.29. The van der Waals surface area contributed by atoms with Crippen LogP contribution in [0.25, 0.3) is 0 Å². The number of benzene rings is 2. The summed E-state index contributed by atoms with van der Waals surface area (Å²) in [5.74, 6) is 1.31. The Kier molecular flexibility index (Phi) is 3.71. The summed E-state index contributed by atoms with van der Waals surface area (Å²) in [6.07, 6.45) is 0.971. The third-order valence-corrected chi connectivity index (χ3v) is 4.62. The molecular formula is C18H19ClO. The summed E-state index contributed by atoms with van der Waals surface area (Å²) < 4.78 is 5.73. The zero-order valence-corrected chi connectivity index (χ0v) is 12.7. The van der Waals surface area contributed by atoms with Crippen molar-refractivity contribution in [1.29, 1.82) is 0 Å². The third-order valence-electron chi connectivity index (χ3n) is 4.08. The van der Waals surface area contributed by atoms with Crippen LogP contribution in [-0.4, -0.2) is 6.61 Å². The average molecular weight is 287 g/mol. The molecule has 0 aromatic heterocycles. The second kappa shape index (κ2) is 5.49. The summed E-state index contributed by atoms with van der Waals surface area (Å²) in [6, 6.07) is 14.8. The monoisotopic (exact) mass is 286 g/mol. The van der Waals surface area contributed by atoms with Crippen molar-refractivity contribution in [3.63, 3.8) is 0 Å². The number of hydrogen-bond acceptors (Lipinski definition) is 1. The lowest BCUT2D eigenvalue weighted by Crippen LogP contribution is -2.18. The van der Waals surface area contributed by atoms with Crippen LogP contribution in [0.3, 0.4) is 0 Å². The maximum atomic E-state index is 6.81. The van der Waals surface area contributed by atoms with Crippen molar-refractivity contribution < 1.29 is 4.74 Å². The molecule has 0 saturated heterocycles. The van der Waals surface area contributed by atoms with E-state index in [9.17, 15) is 0 Å². The Labute approximate surface area is 125 Å². The van der Waals surface area contributed by atoms with Gasteiger partial charge in [0.1, 0.15) is 5.75 Å². The summed E-state index contributed by atoms with van der Waals surface area (Å²) in [5.41, 5.74) is 5.02. The smallest absolute Gasteiger partial charge is 0.122 e. The molecule has 3 rings (SSSR count). The molecule has 0 saturated carbocycles. The third kappa shape index (κ3) is 2.43. The Morgan fingerprint density at radius 1 is 1.15 bits per heavy atom. The van der Waals surface area contributed by atoms with Crippen LogP contribution in [0, 0.1) is 13.8 Å². The number of alkyl halides is 1. The summed E-state index contributed by atoms with van der Waals surface area (Å²) in [4.78, 5) is 0. The molecule has 0 radical (unpaired) electrons. The molecule has 2 atom stereocenters. The standard InChI is InChI=1S/C18H19ClO/c1-12-7-8-14(13(2)11-12)18(19)16-9-10-20-17-6-4-3-5-15(16)17/h3-8,11,16,18H,9-10H2,1-2H3. The fourth-order valence-corrected chi connectivity index (χ4v) is 3.53. The van der Waals surface area contributed by atoms with E-state index in [1.54, 1.807) is 0 Å². The SMILES string of the molecule is Cc1ccc(C(Cl)C2CCOc3ccccc32)c(C)c1. The van der Waals surface area contributed by atoms with Crippen LogP contribution in [0.1, 0.15) is 40.0 Å². The molecule has 2 unspecified atom stereocenters. The second-order valence-corrected chi connectivity index (χ2v) is 6.01. The highest BCUT2D eigenvalue weighted by molar-refractivity contribution is 6.21.